The van der Waals surface area contributed by atoms with Gasteiger partial charge in [0.2, 0.25) is 0 Å². The van der Waals surface area contributed by atoms with Crippen molar-refractivity contribution in [3.05, 3.63) is 0 Å². The molecule has 0 aliphatic carbocycles. The van der Waals surface area contributed by atoms with Crippen LogP contribution in [0.5, 0.6) is 0 Å². The maximum absolute atomic E-state index is 11.3. The molecule has 6 heteroatoms. The first-order chi connectivity index (χ1) is 11.3. The van der Waals surface area contributed by atoms with Gasteiger partial charge in [-0.25, -0.2) is 0 Å². The first kappa shape index (κ1) is 19.0. The lowest BCUT2D eigenvalue weighted by Crippen LogP contribution is -2.07. The normalized spacial score (nSPS) is 24.0. The number of esters is 2. The Kier molecular flexibility index (Phi) is 9.27. The fourth-order valence-corrected chi connectivity index (χ4v) is 4.96. The number of cyclic esters (lactones) is 2. The molecule has 0 saturated carbocycles. The van der Waals surface area contributed by atoms with Crippen LogP contribution in [-0.4, -0.2) is 48.2 Å². The Hall–Kier alpha value is -0.360. The monoisotopic (exact) mass is 360 g/mol. The van der Waals surface area contributed by atoms with Crippen LogP contribution in [0.2, 0.25) is 0 Å². The van der Waals surface area contributed by atoms with Crippen LogP contribution in [0.25, 0.3) is 0 Å². The van der Waals surface area contributed by atoms with Crippen LogP contribution >= 0.6 is 23.5 Å². The maximum Gasteiger partial charge on any atom is 0.309 e. The van der Waals surface area contributed by atoms with Gasteiger partial charge in [0.15, 0.2) is 0 Å². The lowest BCUT2D eigenvalue weighted by atomic mass is 10.0. The molecule has 2 atom stereocenters. The number of carbonyl (C=O) groups is 2. The zero-order valence-corrected chi connectivity index (χ0v) is 15.4. The van der Waals surface area contributed by atoms with E-state index in [0.717, 1.165) is 50.0 Å². The lowest BCUT2D eigenvalue weighted by Gasteiger charge is -2.06. The quantitative estimate of drug-likeness (QED) is 0.392. The summed E-state index contributed by atoms with van der Waals surface area (Å²) in [6.07, 6.45) is 7.29. The minimum absolute atomic E-state index is 0.0114. The van der Waals surface area contributed by atoms with E-state index in [1.54, 1.807) is 0 Å². The number of hydrogen-bond donors (Lipinski definition) is 0. The van der Waals surface area contributed by atoms with Gasteiger partial charge >= 0.3 is 11.9 Å². The minimum Gasteiger partial charge on any atom is -0.465 e. The number of carbonyl (C=O) groups excluding carboxylic acids is 2. The topological polar surface area (TPSA) is 52.6 Å². The smallest absolute Gasteiger partial charge is 0.309 e. The predicted octanol–water partition coefficient (Wildman–Crippen LogP) is 3.53. The summed E-state index contributed by atoms with van der Waals surface area (Å²) in [7, 11) is 0. The Morgan fingerprint density at radius 1 is 0.739 bits per heavy atom. The van der Waals surface area contributed by atoms with Crippen LogP contribution < -0.4 is 0 Å². The van der Waals surface area contributed by atoms with Crippen LogP contribution in [-0.2, 0) is 19.1 Å². The Balaban J connectivity index is 1.30. The molecule has 0 spiro atoms. The first-order valence-corrected chi connectivity index (χ1v) is 11.1. The summed E-state index contributed by atoms with van der Waals surface area (Å²) in [6, 6.07) is 0. The van der Waals surface area contributed by atoms with Crippen molar-refractivity contribution in [2.45, 2.75) is 44.9 Å². The molecule has 4 nitrogen and oxygen atoms in total. The molecule has 2 heterocycles. The van der Waals surface area contributed by atoms with Crippen LogP contribution in [0.3, 0.4) is 0 Å². The Bertz CT molecular complexity index is 342. The van der Waals surface area contributed by atoms with Crippen molar-refractivity contribution in [1.29, 1.82) is 0 Å². The summed E-state index contributed by atoms with van der Waals surface area (Å²) in [5.74, 6) is 5.08. The molecule has 0 bridgehead atoms. The van der Waals surface area contributed by atoms with Gasteiger partial charge in [0.05, 0.1) is 25.0 Å². The molecule has 2 fully saturated rings. The highest BCUT2D eigenvalue weighted by atomic mass is 32.2. The molecule has 0 aromatic rings. The third-order valence-electron chi connectivity index (χ3n) is 4.35. The average molecular weight is 361 g/mol. The van der Waals surface area contributed by atoms with Gasteiger partial charge in [-0.05, 0) is 68.0 Å². The summed E-state index contributed by atoms with van der Waals surface area (Å²) < 4.78 is 9.94. The highest BCUT2D eigenvalue weighted by Crippen LogP contribution is 2.22. The Morgan fingerprint density at radius 3 is 1.57 bits per heavy atom. The molecule has 0 aromatic heterocycles. The Morgan fingerprint density at radius 2 is 1.17 bits per heavy atom. The molecule has 2 unspecified atom stereocenters. The van der Waals surface area contributed by atoms with Crippen molar-refractivity contribution in [1.82, 2.24) is 0 Å². The second kappa shape index (κ2) is 11.2. The van der Waals surface area contributed by atoms with Crippen molar-refractivity contribution >= 4 is 35.5 Å². The van der Waals surface area contributed by atoms with Crippen molar-refractivity contribution in [2.75, 3.05) is 36.2 Å². The molecule has 2 aliphatic heterocycles. The standard InChI is InChI=1S/C17H28O4S2/c18-16-14(6-8-20-16)4-1-10-22-12-3-13-23-11-2-5-15-7-9-21-17(15)19/h14-15H,1-13H2. The van der Waals surface area contributed by atoms with Gasteiger partial charge in [0.25, 0.3) is 0 Å². The molecular weight excluding hydrogens is 332 g/mol. The average Bonchev–Trinajstić information content (AvgIpc) is 3.14. The van der Waals surface area contributed by atoms with Crippen molar-refractivity contribution < 1.29 is 19.1 Å². The van der Waals surface area contributed by atoms with E-state index in [9.17, 15) is 9.59 Å². The van der Waals surface area contributed by atoms with Gasteiger partial charge in [-0.2, -0.15) is 23.5 Å². The minimum atomic E-state index is 0.0114. The van der Waals surface area contributed by atoms with Gasteiger partial charge in [0.1, 0.15) is 0 Å². The summed E-state index contributed by atoms with van der Waals surface area (Å²) in [5, 5.41) is 0. The van der Waals surface area contributed by atoms with Crippen molar-refractivity contribution in [2.24, 2.45) is 11.8 Å². The third-order valence-corrected chi connectivity index (χ3v) is 6.66. The van der Waals surface area contributed by atoms with E-state index in [4.69, 9.17) is 9.47 Å². The van der Waals surface area contributed by atoms with Gasteiger partial charge in [-0.3, -0.25) is 9.59 Å². The largest absolute Gasteiger partial charge is 0.465 e. The highest BCUT2D eigenvalue weighted by Gasteiger charge is 2.26. The zero-order valence-electron chi connectivity index (χ0n) is 13.8. The molecule has 132 valence electrons. The van der Waals surface area contributed by atoms with Gasteiger partial charge < -0.3 is 9.47 Å². The van der Waals surface area contributed by atoms with Crippen LogP contribution in [0.15, 0.2) is 0 Å². The molecule has 2 aliphatic rings. The van der Waals surface area contributed by atoms with E-state index < -0.39 is 0 Å². The van der Waals surface area contributed by atoms with Crippen LogP contribution in [0.1, 0.15) is 44.9 Å². The maximum atomic E-state index is 11.3. The van der Waals surface area contributed by atoms with Crippen LogP contribution in [0.4, 0.5) is 0 Å². The fourth-order valence-electron chi connectivity index (χ4n) is 2.93. The number of hydrogen-bond acceptors (Lipinski definition) is 6. The summed E-state index contributed by atoms with van der Waals surface area (Å²) in [4.78, 5) is 22.6. The van der Waals surface area contributed by atoms with Crippen molar-refractivity contribution in [3.63, 3.8) is 0 Å². The highest BCUT2D eigenvalue weighted by molar-refractivity contribution is 8.00. The Labute approximate surface area is 147 Å². The number of thioether (sulfide) groups is 2. The van der Waals surface area contributed by atoms with E-state index in [0.29, 0.717) is 13.2 Å². The number of ether oxygens (including phenoxy) is 2. The molecular formula is C17H28O4S2. The molecule has 0 amide bonds. The molecule has 0 aromatic carbocycles. The number of rotatable bonds is 12. The third kappa shape index (κ3) is 7.38. The van der Waals surface area contributed by atoms with Crippen LogP contribution in [0, 0.1) is 11.8 Å². The van der Waals surface area contributed by atoms with E-state index in [1.165, 1.54) is 17.9 Å². The molecule has 0 radical (unpaired) electrons. The predicted molar refractivity (Wildman–Crippen MR) is 95.9 cm³/mol. The summed E-state index contributed by atoms with van der Waals surface area (Å²) >= 11 is 3.99. The summed E-state index contributed by atoms with van der Waals surface area (Å²) in [6.45, 7) is 1.24. The van der Waals surface area contributed by atoms with E-state index in [-0.39, 0.29) is 23.8 Å². The van der Waals surface area contributed by atoms with Gasteiger partial charge in [-0.1, -0.05) is 0 Å². The van der Waals surface area contributed by atoms with E-state index >= 15 is 0 Å². The van der Waals surface area contributed by atoms with E-state index in [2.05, 4.69) is 0 Å². The molecule has 2 rings (SSSR count). The van der Waals surface area contributed by atoms with Crippen molar-refractivity contribution in [3.8, 4) is 0 Å². The van der Waals surface area contributed by atoms with Gasteiger partial charge in [-0.15, -0.1) is 0 Å². The fraction of sp³-hybridized carbons (Fsp3) is 0.882. The van der Waals surface area contributed by atoms with Gasteiger partial charge in [0, 0.05) is 0 Å². The molecule has 23 heavy (non-hydrogen) atoms. The van der Waals surface area contributed by atoms with E-state index in [1.807, 2.05) is 23.5 Å². The second-order valence-electron chi connectivity index (χ2n) is 6.17. The summed E-state index contributed by atoms with van der Waals surface area (Å²) in [5.41, 5.74) is 0. The second-order valence-corrected chi connectivity index (χ2v) is 8.62. The molecule has 2 saturated heterocycles. The molecule has 0 N–H and O–H groups in total. The lowest BCUT2D eigenvalue weighted by molar-refractivity contribution is -0.142. The SMILES string of the molecule is O=C1OCCC1CCCSCCCSCCCC1CCOC1=O. The first-order valence-electron chi connectivity index (χ1n) is 8.76. The zero-order chi connectivity index (χ0) is 16.3.